The van der Waals surface area contributed by atoms with Crippen molar-refractivity contribution in [2.45, 2.75) is 26.9 Å². The van der Waals surface area contributed by atoms with E-state index in [4.69, 9.17) is 10.00 Å². The summed E-state index contributed by atoms with van der Waals surface area (Å²) in [5, 5.41) is 9.45. The molecule has 0 spiro atoms. The van der Waals surface area contributed by atoms with E-state index in [1.807, 2.05) is 26.0 Å². The number of rotatable bonds is 2. The highest BCUT2D eigenvalue weighted by atomic mass is 16.5. The topological polar surface area (TPSA) is 65.9 Å². The summed E-state index contributed by atoms with van der Waals surface area (Å²) >= 11 is 0. The summed E-state index contributed by atoms with van der Waals surface area (Å²) < 4.78 is 5.55. The van der Waals surface area contributed by atoms with Gasteiger partial charge in [-0.1, -0.05) is 0 Å². The number of nitrogens with zero attached hydrogens (tertiary/aromatic N) is 1. The van der Waals surface area contributed by atoms with Gasteiger partial charge in [0.05, 0.1) is 11.5 Å². The maximum atomic E-state index is 12.1. The van der Waals surface area contributed by atoms with Crippen LogP contribution in [0.15, 0.2) is 23.0 Å². The number of nitrogens with one attached hydrogen (secondary N) is 1. The second-order valence-electron chi connectivity index (χ2n) is 4.44. The van der Waals surface area contributed by atoms with Gasteiger partial charge in [0, 0.05) is 11.2 Å². The Bertz CT molecular complexity index is 693. The summed E-state index contributed by atoms with van der Waals surface area (Å²) in [5.74, 6) is 0.635. The van der Waals surface area contributed by atoms with Crippen molar-refractivity contribution in [3.63, 3.8) is 0 Å². The number of hydrogen-bond acceptors (Lipinski definition) is 3. The maximum Gasteiger partial charge on any atom is 0.207 e. The van der Waals surface area contributed by atoms with Gasteiger partial charge in [-0.3, -0.25) is 4.79 Å². The van der Waals surface area contributed by atoms with E-state index in [9.17, 15) is 4.79 Å². The third kappa shape index (κ3) is 2.07. The molecular weight excluding hydrogens is 228 g/mol. The average molecular weight is 242 g/mol. The number of aryl methyl sites for hydroxylation is 1. The highest BCUT2D eigenvalue weighted by Crippen LogP contribution is 2.19. The molecular formula is C14H14N2O2. The van der Waals surface area contributed by atoms with Gasteiger partial charge in [-0.15, -0.1) is 0 Å². The standard InChI is InChI=1S/C14H14N2O2/c1-8(2)18-10-4-5-13-11(6-10)14(17)12(7-15)9(3)16-13/h4-6,8H,1-3H3,(H,16,17). The smallest absolute Gasteiger partial charge is 0.207 e. The highest BCUT2D eigenvalue weighted by Gasteiger charge is 2.09. The van der Waals surface area contributed by atoms with Gasteiger partial charge in [-0.05, 0) is 39.0 Å². The molecule has 18 heavy (non-hydrogen) atoms. The molecule has 2 aromatic rings. The van der Waals surface area contributed by atoms with Crippen molar-refractivity contribution < 1.29 is 4.74 Å². The number of pyridine rings is 1. The summed E-state index contributed by atoms with van der Waals surface area (Å²) in [6.07, 6.45) is 0.0439. The van der Waals surface area contributed by atoms with E-state index >= 15 is 0 Å². The van der Waals surface area contributed by atoms with E-state index in [1.54, 1.807) is 19.1 Å². The number of aromatic amines is 1. The second-order valence-corrected chi connectivity index (χ2v) is 4.44. The van der Waals surface area contributed by atoms with Crippen LogP contribution in [0, 0.1) is 18.3 Å². The molecule has 0 saturated carbocycles. The first kappa shape index (κ1) is 12.2. The third-order valence-electron chi connectivity index (χ3n) is 2.64. The highest BCUT2D eigenvalue weighted by molar-refractivity contribution is 5.81. The summed E-state index contributed by atoms with van der Waals surface area (Å²) in [7, 11) is 0. The fourth-order valence-corrected chi connectivity index (χ4v) is 1.87. The molecule has 0 aliphatic rings. The summed E-state index contributed by atoms with van der Waals surface area (Å²) in [6.45, 7) is 5.56. The van der Waals surface area contributed by atoms with Crippen molar-refractivity contribution in [3.8, 4) is 11.8 Å². The van der Waals surface area contributed by atoms with Crippen LogP contribution in [0.2, 0.25) is 0 Å². The first-order valence-corrected chi connectivity index (χ1v) is 5.76. The molecule has 0 radical (unpaired) electrons. The Morgan fingerprint density at radius 1 is 1.39 bits per heavy atom. The summed E-state index contributed by atoms with van der Waals surface area (Å²) in [6, 6.07) is 7.21. The second kappa shape index (κ2) is 4.53. The van der Waals surface area contributed by atoms with Crippen LogP contribution in [0.5, 0.6) is 5.75 Å². The molecule has 92 valence electrons. The average Bonchev–Trinajstić information content (AvgIpc) is 2.30. The minimum atomic E-state index is -0.252. The lowest BCUT2D eigenvalue weighted by Crippen LogP contribution is -2.11. The lowest BCUT2D eigenvalue weighted by molar-refractivity contribution is 0.243. The van der Waals surface area contributed by atoms with Crippen LogP contribution in [-0.4, -0.2) is 11.1 Å². The van der Waals surface area contributed by atoms with E-state index in [2.05, 4.69) is 4.98 Å². The molecule has 0 atom stereocenters. The van der Waals surface area contributed by atoms with Crippen molar-refractivity contribution in [3.05, 3.63) is 39.7 Å². The molecule has 1 aromatic heterocycles. The first-order valence-electron chi connectivity index (χ1n) is 5.76. The van der Waals surface area contributed by atoms with Crippen molar-refractivity contribution in [2.75, 3.05) is 0 Å². The lowest BCUT2D eigenvalue weighted by atomic mass is 10.1. The zero-order valence-corrected chi connectivity index (χ0v) is 10.6. The van der Waals surface area contributed by atoms with Gasteiger partial charge in [-0.25, -0.2) is 0 Å². The molecule has 1 aromatic carbocycles. The zero-order valence-electron chi connectivity index (χ0n) is 10.6. The number of aromatic nitrogens is 1. The van der Waals surface area contributed by atoms with Crippen LogP contribution in [0.3, 0.4) is 0 Å². The Morgan fingerprint density at radius 2 is 2.11 bits per heavy atom. The molecule has 0 unspecified atom stereocenters. The van der Waals surface area contributed by atoms with Gasteiger partial charge < -0.3 is 9.72 Å². The van der Waals surface area contributed by atoms with Gasteiger partial charge >= 0.3 is 0 Å². The van der Waals surface area contributed by atoms with Gasteiger partial charge in [0.2, 0.25) is 5.43 Å². The van der Waals surface area contributed by atoms with Crippen LogP contribution in [0.4, 0.5) is 0 Å². The van der Waals surface area contributed by atoms with Crippen LogP contribution < -0.4 is 10.2 Å². The van der Waals surface area contributed by atoms with Crippen molar-refractivity contribution in [1.29, 1.82) is 5.26 Å². The molecule has 0 aliphatic heterocycles. The van der Waals surface area contributed by atoms with E-state index in [0.29, 0.717) is 22.3 Å². The Labute approximate surface area is 105 Å². The van der Waals surface area contributed by atoms with Gasteiger partial charge in [0.1, 0.15) is 17.4 Å². The first-order chi connectivity index (χ1) is 8.52. The minimum Gasteiger partial charge on any atom is -0.491 e. The van der Waals surface area contributed by atoms with Crippen molar-refractivity contribution in [2.24, 2.45) is 0 Å². The van der Waals surface area contributed by atoms with Gasteiger partial charge in [-0.2, -0.15) is 5.26 Å². The SMILES string of the molecule is Cc1[nH]c2ccc(OC(C)C)cc2c(=O)c1C#N. The molecule has 0 fully saturated rings. The maximum absolute atomic E-state index is 12.1. The summed E-state index contributed by atoms with van der Waals surface area (Å²) in [4.78, 5) is 15.2. The van der Waals surface area contributed by atoms with Crippen LogP contribution in [0.25, 0.3) is 10.9 Å². The zero-order chi connectivity index (χ0) is 13.3. The van der Waals surface area contributed by atoms with Gasteiger partial charge in [0.25, 0.3) is 0 Å². The Hall–Kier alpha value is -2.28. The number of hydrogen-bond donors (Lipinski definition) is 1. The molecule has 4 nitrogen and oxygen atoms in total. The minimum absolute atomic E-state index is 0.0439. The molecule has 1 heterocycles. The molecule has 0 saturated heterocycles. The molecule has 1 N–H and O–H groups in total. The third-order valence-corrected chi connectivity index (χ3v) is 2.64. The largest absolute Gasteiger partial charge is 0.491 e. The van der Waals surface area contributed by atoms with Gasteiger partial charge in [0.15, 0.2) is 0 Å². The molecule has 0 bridgehead atoms. The van der Waals surface area contributed by atoms with Crippen LogP contribution >= 0.6 is 0 Å². The monoisotopic (exact) mass is 242 g/mol. The number of benzene rings is 1. The predicted octanol–water partition coefficient (Wildman–Crippen LogP) is 2.50. The molecule has 4 heteroatoms. The summed E-state index contributed by atoms with van der Waals surface area (Å²) in [5.41, 5.74) is 1.21. The number of H-pyrrole nitrogens is 1. The molecule has 2 rings (SSSR count). The molecule has 0 amide bonds. The normalized spacial score (nSPS) is 10.6. The number of fused-ring (bicyclic) bond motifs is 1. The van der Waals surface area contributed by atoms with Crippen molar-refractivity contribution >= 4 is 10.9 Å². The van der Waals surface area contributed by atoms with Crippen LogP contribution in [-0.2, 0) is 0 Å². The Kier molecular flexibility index (Phi) is 3.07. The van der Waals surface area contributed by atoms with E-state index in [1.165, 1.54) is 0 Å². The van der Waals surface area contributed by atoms with Crippen molar-refractivity contribution in [1.82, 2.24) is 4.98 Å². The van der Waals surface area contributed by atoms with Crippen LogP contribution in [0.1, 0.15) is 25.1 Å². The van der Waals surface area contributed by atoms with E-state index in [-0.39, 0.29) is 17.1 Å². The Balaban J connectivity index is 2.70. The number of nitriles is 1. The number of ether oxygens (including phenoxy) is 1. The fraction of sp³-hybridized carbons (Fsp3) is 0.286. The quantitative estimate of drug-likeness (QED) is 0.879. The molecule has 0 aliphatic carbocycles. The lowest BCUT2D eigenvalue weighted by Gasteiger charge is -2.10. The van der Waals surface area contributed by atoms with E-state index in [0.717, 1.165) is 0 Å². The predicted molar refractivity (Wildman–Crippen MR) is 69.8 cm³/mol. The van der Waals surface area contributed by atoms with E-state index < -0.39 is 0 Å². The fourth-order valence-electron chi connectivity index (χ4n) is 1.87. The Morgan fingerprint density at radius 3 is 2.72 bits per heavy atom.